The van der Waals surface area contributed by atoms with E-state index in [4.69, 9.17) is 0 Å². The smallest absolute Gasteiger partial charge is 0.231 e. The molecule has 0 bridgehead atoms. The molecule has 19 heavy (non-hydrogen) atoms. The van der Waals surface area contributed by atoms with Crippen LogP contribution in [0.2, 0.25) is 0 Å². The third-order valence-corrected chi connectivity index (χ3v) is 3.93. The molecule has 1 aromatic rings. The fourth-order valence-corrected chi connectivity index (χ4v) is 2.66. The lowest BCUT2D eigenvalue weighted by Crippen LogP contribution is -2.52. The van der Waals surface area contributed by atoms with E-state index in [0.717, 1.165) is 31.5 Å². The molecular weight excluding hydrogens is 236 g/mol. The van der Waals surface area contributed by atoms with E-state index in [-0.39, 0.29) is 11.9 Å². The number of hydrogen-bond donors (Lipinski definition) is 2. The second-order valence-corrected chi connectivity index (χ2v) is 5.20. The molecule has 2 N–H and O–H groups in total. The molecule has 0 aliphatic carbocycles. The summed E-state index contributed by atoms with van der Waals surface area (Å²) in [5.41, 5.74) is 0.717. The van der Waals surface area contributed by atoms with Crippen molar-refractivity contribution in [2.24, 2.45) is 0 Å². The van der Waals surface area contributed by atoms with Gasteiger partial charge in [0.05, 0.1) is 5.41 Å². The van der Waals surface area contributed by atoms with Crippen molar-refractivity contribution in [3.8, 4) is 0 Å². The molecule has 1 amide bonds. The summed E-state index contributed by atoms with van der Waals surface area (Å²) < 4.78 is 0. The molecule has 1 aliphatic heterocycles. The summed E-state index contributed by atoms with van der Waals surface area (Å²) in [4.78, 5) is 12.7. The fraction of sp³-hybridized carbons (Fsp3) is 0.438. The Labute approximate surface area is 115 Å². The first kappa shape index (κ1) is 13.8. The molecule has 0 aromatic heterocycles. The maximum absolute atomic E-state index is 12.7. The maximum atomic E-state index is 12.7. The highest BCUT2D eigenvalue weighted by atomic mass is 16.2. The van der Waals surface area contributed by atoms with Crippen LogP contribution in [-0.2, 0) is 10.2 Å². The normalized spacial score (nSPS) is 19.4. The molecule has 1 aromatic carbocycles. The van der Waals surface area contributed by atoms with Crippen LogP contribution in [0, 0.1) is 0 Å². The van der Waals surface area contributed by atoms with Gasteiger partial charge in [0.2, 0.25) is 5.91 Å². The van der Waals surface area contributed by atoms with Crippen LogP contribution in [0.1, 0.15) is 25.3 Å². The van der Waals surface area contributed by atoms with Crippen LogP contribution in [0.15, 0.2) is 43.0 Å². The summed E-state index contributed by atoms with van der Waals surface area (Å²) in [6, 6.07) is 10.1. The first-order valence-electron chi connectivity index (χ1n) is 6.89. The summed E-state index contributed by atoms with van der Waals surface area (Å²) in [6.45, 7) is 7.44. The number of rotatable bonds is 4. The Kier molecular flexibility index (Phi) is 4.38. The number of amides is 1. The third kappa shape index (κ3) is 2.87. The summed E-state index contributed by atoms with van der Waals surface area (Å²) in [6.07, 6.45) is 3.44. The van der Waals surface area contributed by atoms with Gasteiger partial charge in [0.1, 0.15) is 0 Å². The van der Waals surface area contributed by atoms with E-state index in [0.29, 0.717) is 0 Å². The molecule has 1 aliphatic rings. The second-order valence-electron chi connectivity index (χ2n) is 5.20. The number of benzene rings is 1. The van der Waals surface area contributed by atoms with Gasteiger partial charge in [-0.25, -0.2) is 0 Å². The Hall–Kier alpha value is -1.61. The molecule has 1 heterocycles. The van der Waals surface area contributed by atoms with E-state index in [1.165, 1.54) is 0 Å². The maximum Gasteiger partial charge on any atom is 0.231 e. The number of piperidine rings is 1. The molecule has 1 fully saturated rings. The van der Waals surface area contributed by atoms with E-state index in [1.807, 2.05) is 25.1 Å². The van der Waals surface area contributed by atoms with Gasteiger partial charge in [0.25, 0.3) is 0 Å². The van der Waals surface area contributed by atoms with Crippen LogP contribution in [-0.4, -0.2) is 25.0 Å². The van der Waals surface area contributed by atoms with Crippen LogP contribution in [0.3, 0.4) is 0 Å². The molecular formula is C16H22N2O. The van der Waals surface area contributed by atoms with Crippen LogP contribution in [0.5, 0.6) is 0 Å². The van der Waals surface area contributed by atoms with Crippen molar-refractivity contribution in [1.82, 2.24) is 10.6 Å². The van der Waals surface area contributed by atoms with E-state index in [9.17, 15) is 4.79 Å². The van der Waals surface area contributed by atoms with Gasteiger partial charge >= 0.3 is 0 Å². The Morgan fingerprint density at radius 1 is 1.37 bits per heavy atom. The fourth-order valence-electron chi connectivity index (χ4n) is 2.66. The number of carbonyl (C=O) groups excluding carboxylic acids is 1. The van der Waals surface area contributed by atoms with E-state index < -0.39 is 5.41 Å². The summed E-state index contributed by atoms with van der Waals surface area (Å²) in [5, 5.41) is 6.39. The van der Waals surface area contributed by atoms with E-state index in [1.54, 1.807) is 6.08 Å². The van der Waals surface area contributed by atoms with Crippen LogP contribution >= 0.6 is 0 Å². The predicted molar refractivity (Wildman–Crippen MR) is 78.0 cm³/mol. The standard InChI is InChI=1S/C16H22N2O/c1-3-13(2)18-15(19)16(9-11-17-12-10-16)14-7-5-4-6-8-14/h3-8,13,17H,1,9-12H2,2H3,(H,18,19). The van der Waals surface area contributed by atoms with Crippen molar-refractivity contribution in [1.29, 1.82) is 0 Å². The Morgan fingerprint density at radius 3 is 2.58 bits per heavy atom. The first-order chi connectivity index (χ1) is 9.19. The topological polar surface area (TPSA) is 41.1 Å². The summed E-state index contributed by atoms with van der Waals surface area (Å²) in [7, 11) is 0. The van der Waals surface area contributed by atoms with Gasteiger partial charge < -0.3 is 10.6 Å². The zero-order valence-corrected chi connectivity index (χ0v) is 11.5. The number of nitrogens with one attached hydrogen (secondary N) is 2. The Balaban J connectivity index is 2.29. The SMILES string of the molecule is C=CC(C)NC(=O)C1(c2ccccc2)CCNCC1. The average Bonchev–Trinajstić information content (AvgIpc) is 2.48. The minimum atomic E-state index is -0.399. The van der Waals surface area contributed by atoms with Gasteiger partial charge in [-0.1, -0.05) is 36.4 Å². The molecule has 1 saturated heterocycles. The van der Waals surface area contributed by atoms with Gasteiger partial charge in [0, 0.05) is 6.04 Å². The molecule has 3 heteroatoms. The zero-order chi connectivity index (χ0) is 13.7. The van der Waals surface area contributed by atoms with Crippen molar-refractivity contribution in [3.63, 3.8) is 0 Å². The highest BCUT2D eigenvalue weighted by Gasteiger charge is 2.41. The predicted octanol–water partition coefficient (Wildman–Crippen LogP) is 2.00. The average molecular weight is 258 g/mol. The van der Waals surface area contributed by atoms with E-state index in [2.05, 4.69) is 29.3 Å². The molecule has 102 valence electrons. The molecule has 0 radical (unpaired) electrons. The minimum absolute atomic E-state index is 0.00275. The quantitative estimate of drug-likeness (QED) is 0.811. The van der Waals surface area contributed by atoms with Crippen molar-refractivity contribution in [3.05, 3.63) is 48.6 Å². The van der Waals surface area contributed by atoms with Gasteiger partial charge in [-0.05, 0) is 38.4 Å². The molecule has 1 unspecified atom stereocenters. The van der Waals surface area contributed by atoms with Crippen LogP contribution < -0.4 is 10.6 Å². The molecule has 0 spiro atoms. The van der Waals surface area contributed by atoms with Gasteiger partial charge in [-0.15, -0.1) is 6.58 Å². The number of hydrogen-bond acceptors (Lipinski definition) is 2. The van der Waals surface area contributed by atoms with Crippen molar-refractivity contribution < 1.29 is 4.79 Å². The highest BCUT2D eigenvalue weighted by molar-refractivity contribution is 5.88. The van der Waals surface area contributed by atoms with Gasteiger partial charge in [-0.2, -0.15) is 0 Å². The second kappa shape index (κ2) is 6.02. The third-order valence-electron chi connectivity index (χ3n) is 3.93. The minimum Gasteiger partial charge on any atom is -0.349 e. The molecule has 3 nitrogen and oxygen atoms in total. The molecule has 0 saturated carbocycles. The Bertz CT molecular complexity index is 435. The zero-order valence-electron chi connectivity index (χ0n) is 11.5. The first-order valence-corrected chi connectivity index (χ1v) is 6.89. The largest absolute Gasteiger partial charge is 0.349 e. The lowest BCUT2D eigenvalue weighted by atomic mass is 9.72. The van der Waals surface area contributed by atoms with E-state index >= 15 is 0 Å². The lowest BCUT2D eigenvalue weighted by molar-refractivity contribution is -0.128. The highest BCUT2D eigenvalue weighted by Crippen LogP contribution is 2.33. The van der Waals surface area contributed by atoms with Crippen molar-refractivity contribution >= 4 is 5.91 Å². The summed E-state index contributed by atoms with van der Waals surface area (Å²) >= 11 is 0. The van der Waals surface area contributed by atoms with Gasteiger partial charge in [-0.3, -0.25) is 4.79 Å². The monoisotopic (exact) mass is 258 g/mol. The van der Waals surface area contributed by atoms with Crippen molar-refractivity contribution in [2.75, 3.05) is 13.1 Å². The summed E-state index contributed by atoms with van der Waals surface area (Å²) in [5.74, 6) is 0.118. The molecule has 1 atom stereocenters. The van der Waals surface area contributed by atoms with Gasteiger partial charge in [0.15, 0.2) is 0 Å². The van der Waals surface area contributed by atoms with Crippen molar-refractivity contribution in [2.45, 2.75) is 31.2 Å². The number of carbonyl (C=O) groups is 1. The molecule has 2 rings (SSSR count). The Morgan fingerprint density at radius 2 is 2.00 bits per heavy atom. The van der Waals surface area contributed by atoms with Crippen LogP contribution in [0.25, 0.3) is 0 Å². The lowest BCUT2D eigenvalue weighted by Gasteiger charge is -2.37. The van der Waals surface area contributed by atoms with Crippen LogP contribution in [0.4, 0.5) is 0 Å².